The molecule has 3 rings (SSSR count). The molecule has 2 aromatic carbocycles. The van der Waals surface area contributed by atoms with Gasteiger partial charge in [-0.1, -0.05) is 53.7 Å². The van der Waals surface area contributed by atoms with Crippen LogP contribution in [0.3, 0.4) is 0 Å². The molecule has 0 aliphatic carbocycles. The van der Waals surface area contributed by atoms with Gasteiger partial charge in [0.2, 0.25) is 5.91 Å². The van der Waals surface area contributed by atoms with E-state index in [2.05, 4.69) is 10.2 Å². The maximum absolute atomic E-state index is 12.2. The molecule has 0 unspecified atom stereocenters. The van der Waals surface area contributed by atoms with Crippen molar-refractivity contribution in [3.63, 3.8) is 0 Å². The van der Waals surface area contributed by atoms with Crippen molar-refractivity contribution in [1.29, 1.82) is 0 Å². The van der Waals surface area contributed by atoms with E-state index in [4.69, 9.17) is 11.6 Å². The number of carbonyl (C=O) groups excluding carboxylic acids is 2. The molecular formula is C20H17ClF3N5O2S. The first kappa shape index (κ1) is 23.6. The first-order valence-electron chi connectivity index (χ1n) is 9.22. The third-order valence-electron chi connectivity index (χ3n) is 4.02. The van der Waals surface area contributed by atoms with Crippen molar-refractivity contribution in [3.8, 4) is 5.69 Å². The Morgan fingerprint density at radius 2 is 1.72 bits per heavy atom. The van der Waals surface area contributed by atoms with Crippen LogP contribution in [-0.4, -0.2) is 45.2 Å². The van der Waals surface area contributed by atoms with Gasteiger partial charge in [-0.25, -0.2) is 4.79 Å². The summed E-state index contributed by atoms with van der Waals surface area (Å²) in [4.78, 5) is 23.4. The molecule has 7 nitrogen and oxygen atoms in total. The number of aromatic nitrogens is 3. The fourth-order valence-electron chi connectivity index (χ4n) is 2.65. The number of hydrogen-bond acceptors (Lipinski definition) is 5. The third-order valence-corrected chi connectivity index (χ3v) is 5.21. The topological polar surface area (TPSA) is 88.9 Å². The molecule has 0 saturated carbocycles. The highest BCUT2D eigenvalue weighted by molar-refractivity contribution is 7.99. The smallest absolute Gasteiger partial charge is 0.329 e. The van der Waals surface area contributed by atoms with Gasteiger partial charge in [0.1, 0.15) is 12.4 Å². The summed E-state index contributed by atoms with van der Waals surface area (Å²) in [6.07, 6.45) is -4.09. The first-order chi connectivity index (χ1) is 15.2. The van der Waals surface area contributed by atoms with E-state index < -0.39 is 24.7 Å². The molecule has 1 aromatic heterocycles. The number of imide groups is 1. The Balaban J connectivity index is 1.72. The molecule has 0 saturated heterocycles. The lowest BCUT2D eigenvalue weighted by molar-refractivity contribution is -0.124. The van der Waals surface area contributed by atoms with Crippen LogP contribution < -0.4 is 10.6 Å². The van der Waals surface area contributed by atoms with Crippen LogP contribution in [0, 0.1) is 0 Å². The van der Waals surface area contributed by atoms with Crippen LogP contribution in [0.4, 0.5) is 18.0 Å². The zero-order valence-corrected chi connectivity index (χ0v) is 18.0. The maximum Gasteiger partial charge on any atom is 0.405 e. The van der Waals surface area contributed by atoms with Crippen LogP contribution in [0.2, 0.25) is 5.02 Å². The largest absolute Gasteiger partial charge is 0.405 e. The molecule has 3 amide bonds. The van der Waals surface area contributed by atoms with Gasteiger partial charge in [0, 0.05) is 17.1 Å². The second-order valence-electron chi connectivity index (χ2n) is 6.51. The minimum Gasteiger partial charge on any atom is -0.329 e. The highest BCUT2D eigenvalue weighted by Crippen LogP contribution is 2.24. The zero-order chi connectivity index (χ0) is 23.1. The average molecular weight is 484 g/mol. The minimum absolute atomic E-state index is 0.253. The van der Waals surface area contributed by atoms with Gasteiger partial charge in [-0.2, -0.15) is 13.2 Å². The van der Waals surface area contributed by atoms with E-state index in [0.29, 0.717) is 22.4 Å². The Morgan fingerprint density at radius 3 is 2.38 bits per heavy atom. The van der Waals surface area contributed by atoms with Crippen molar-refractivity contribution < 1.29 is 22.8 Å². The standard InChI is InChI=1S/C20H17ClF3N5O2S/c21-14-6-8-15(9-7-14)29-16(10-13-4-2-1-3-5-13)27-28-19(29)32-11-17(30)26-18(31)25-12-20(22,23)24/h1-9H,10-12H2,(H2,25,26,30,31). The van der Waals surface area contributed by atoms with Gasteiger partial charge in [0.05, 0.1) is 5.75 Å². The van der Waals surface area contributed by atoms with Gasteiger partial charge in [0.25, 0.3) is 0 Å². The lowest BCUT2D eigenvalue weighted by Gasteiger charge is -2.11. The van der Waals surface area contributed by atoms with E-state index >= 15 is 0 Å². The van der Waals surface area contributed by atoms with Crippen molar-refractivity contribution in [2.24, 2.45) is 0 Å². The number of carbonyl (C=O) groups is 2. The summed E-state index contributed by atoms with van der Waals surface area (Å²) in [7, 11) is 0. The van der Waals surface area contributed by atoms with E-state index in [1.807, 2.05) is 35.6 Å². The number of rotatable bonds is 7. The van der Waals surface area contributed by atoms with Gasteiger partial charge in [-0.3, -0.25) is 14.7 Å². The molecule has 0 atom stereocenters. The van der Waals surface area contributed by atoms with Crippen LogP contribution in [0.5, 0.6) is 0 Å². The molecule has 0 spiro atoms. The molecule has 0 aliphatic rings. The summed E-state index contributed by atoms with van der Waals surface area (Å²) in [5.74, 6) is -0.412. The molecule has 0 fully saturated rings. The molecular weight excluding hydrogens is 467 g/mol. The number of benzene rings is 2. The summed E-state index contributed by atoms with van der Waals surface area (Å²) < 4.78 is 38.2. The van der Waals surface area contributed by atoms with Crippen LogP contribution in [-0.2, 0) is 11.2 Å². The Bertz CT molecular complexity index is 1080. The monoisotopic (exact) mass is 483 g/mol. The summed E-state index contributed by atoms with van der Waals surface area (Å²) >= 11 is 6.97. The van der Waals surface area contributed by atoms with Crippen molar-refractivity contribution >= 4 is 35.3 Å². The van der Waals surface area contributed by atoms with Crippen molar-refractivity contribution in [1.82, 2.24) is 25.4 Å². The fraction of sp³-hybridized carbons (Fsp3) is 0.200. The number of halogens is 4. The van der Waals surface area contributed by atoms with Crippen LogP contribution in [0.25, 0.3) is 5.69 Å². The SMILES string of the molecule is O=C(CSc1nnc(Cc2ccccc2)n1-c1ccc(Cl)cc1)NC(=O)NCC(F)(F)F. The Kier molecular flexibility index (Phi) is 7.75. The second kappa shape index (κ2) is 10.5. The second-order valence-corrected chi connectivity index (χ2v) is 7.89. The molecule has 12 heteroatoms. The normalized spacial score (nSPS) is 11.2. The van der Waals surface area contributed by atoms with E-state index in [-0.39, 0.29) is 5.75 Å². The highest BCUT2D eigenvalue weighted by atomic mass is 35.5. The Morgan fingerprint density at radius 1 is 1.03 bits per heavy atom. The third kappa shape index (κ3) is 6.99. The molecule has 3 aromatic rings. The molecule has 2 N–H and O–H groups in total. The lowest BCUT2D eigenvalue weighted by atomic mass is 10.1. The molecule has 0 radical (unpaired) electrons. The summed E-state index contributed by atoms with van der Waals surface area (Å²) in [5.41, 5.74) is 1.72. The average Bonchev–Trinajstić information content (AvgIpc) is 3.14. The van der Waals surface area contributed by atoms with Gasteiger partial charge in [-0.15, -0.1) is 10.2 Å². The highest BCUT2D eigenvalue weighted by Gasteiger charge is 2.28. The van der Waals surface area contributed by atoms with Gasteiger partial charge < -0.3 is 5.32 Å². The summed E-state index contributed by atoms with van der Waals surface area (Å²) in [6, 6.07) is 15.3. The minimum atomic E-state index is -4.57. The molecule has 1 heterocycles. The molecule has 0 aliphatic heterocycles. The predicted octanol–water partition coefficient (Wildman–Crippen LogP) is 3.99. The number of amides is 3. The van der Waals surface area contributed by atoms with Gasteiger partial charge in [-0.05, 0) is 29.8 Å². The number of nitrogens with zero attached hydrogens (tertiary/aromatic N) is 3. The van der Waals surface area contributed by atoms with Crippen LogP contribution in [0.15, 0.2) is 59.8 Å². The summed E-state index contributed by atoms with van der Waals surface area (Å²) in [5, 5.41) is 12.7. The number of nitrogens with one attached hydrogen (secondary N) is 2. The first-order valence-corrected chi connectivity index (χ1v) is 10.6. The van der Waals surface area contributed by atoms with Crippen molar-refractivity contribution in [2.75, 3.05) is 12.3 Å². The van der Waals surface area contributed by atoms with Gasteiger partial charge >= 0.3 is 12.2 Å². The van der Waals surface area contributed by atoms with Crippen molar-refractivity contribution in [2.45, 2.75) is 17.8 Å². The van der Waals surface area contributed by atoms with Gasteiger partial charge in [0.15, 0.2) is 5.16 Å². The molecule has 168 valence electrons. The predicted molar refractivity (Wildman–Crippen MR) is 114 cm³/mol. The van der Waals surface area contributed by atoms with E-state index in [1.165, 1.54) is 0 Å². The van der Waals surface area contributed by atoms with E-state index in [9.17, 15) is 22.8 Å². The zero-order valence-electron chi connectivity index (χ0n) is 16.4. The molecule has 0 bridgehead atoms. The fourth-order valence-corrected chi connectivity index (χ4v) is 3.55. The number of alkyl halides is 3. The van der Waals surface area contributed by atoms with Crippen LogP contribution >= 0.6 is 23.4 Å². The lowest BCUT2D eigenvalue weighted by Crippen LogP contribution is -2.43. The summed E-state index contributed by atoms with van der Waals surface area (Å²) in [6.45, 7) is -1.53. The number of hydrogen-bond donors (Lipinski definition) is 2. The molecule has 32 heavy (non-hydrogen) atoms. The Hall–Kier alpha value is -3.05. The van der Waals surface area contributed by atoms with E-state index in [1.54, 1.807) is 34.1 Å². The number of thioether (sulfide) groups is 1. The quantitative estimate of drug-likeness (QED) is 0.496. The van der Waals surface area contributed by atoms with E-state index in [0.717, 1.165) is 23.0 Å². The van der Waals surface area contributed by atoms with Crippen LogP contribution in [0.1, 0.15) is 11.4 Å². The number of urea groups is 1. The van der Waals surface area contributed by atoms with Crippen molar-refractivity contribution in [3.05, 3.63) is 71.0 Å². The Labute approximate surface area is 190 Å². The maximum atomic E-state index is 12.2.